The third-order valence-corrected chi connectivity index (χ3v) is 0.405. The van der Waals surface area contributed by atoms with E-state index in [4.69, 9.17) is 5.11 Å². The molecule has 0 bridgehead atoms. The highest BCUT2D eigenvalue weighted by atomic mass is 16.5. The Morgan fingerprint density at radius 1 is 2.00 bits per heavy atom. The van der Waals surface area contributed by atoms with E-state index in [9.17, 15) is 4.79 Å². The Morgan fingerprint density at radius 3 is 2.71 bits per heavy atom. The summed E-state index contributed by atoms with van der Waals surface area (Å²) >= 11 is 0. The minimum atomic E-state index is -0.551. The van der Waals surface area contributed by atoms with E-state index in [0.29, 0.717) is 6.47 Å². The van der Waals surface area contributed by atoms with Crippen molar-refractivity contribution >= 4 is 6.47 Å². The van der Waals surface area contributed by atoms with E-state index in [1.54, 1.807) is 6.92 Å². The quantitative estimate of drug-likeness (QED) is 0.493. The summed E-state index contributed by atoms with van der Waals surface area (Å²) in [7, 11) is 0. The first-order valence-electron chi connectivity index (χ1n) is 2.00. The summed E-state index contributed by atoms with van der Waals surface area (Å²) < 4.78 is 4.16. The first-order chi connectivity index (χ1) is 3.27. The summed E-state index contributed by atoms with van der Waals surface area (Å²) in [5.74, 6) is 0. The van der Waals surface area contributed by atoms with Gasteiger partial charge in [0.05, 0.1) is 6.10 Å². The van der Waals surface area contributed by atoms with Gasteiger partial charge in [0.2, 0.25) is 0 Å². The summed E-state index contributed by atoms with van der Waals surface area (Å²) in [4.78, 5) is 9.38. The molecular formula is C4H8O3. The van der Waals surface area contributed by atoms with Crippen molar-refractivity contribution in [2.45, 2.75) is 13.0 Å². The Balaban J connectivity index is 2.81. The maximum absolute atomic E-state index is 9.38. The third kappa shape index (κ3) is 5.43. The second-order valence-corrected chi connectivity index (χ2v) is 1.28. The predicted molar refractivity (Wildman–Crippen MR) is 23.7 cm³/mol. The van der Waals surface area contributed by atoms with Gasteiger partial charge in [0.25, 0.3) is 6.47 Å². The first-order valence-corrected chi connectivity index (χ1v) is 2.00. The topological polar surface area (TPSA) is 46.5 Å². The van der Waals surface area contributed by atoms with Gasteiger partial charge in [-0.2, -0.15) is 0 Å². The van der Waals surface area contributed by atoms with E-state index in [-0.39, 0.29) is 6.61 Å². The predicted octanol–water partition coefficient (Wildman–Crippen LogP) is -0.460. The first kappa shape index (κ1) is 6.43. The number of carbonyl (C=O) groups is 1. The summed E-state index contributed by atoms with van der Waals surface area (Å²) in [6.45, 7) is 1.94. The zero-order valence-electron chi connectivity index (χ0n) is 4.13. The van der Waals surface area contributed by atoms with Gasteiger partial charge in [0.1, 0.15) is 6.61 Å². The van der Waals surface area contributed by atoms with E-state index in [1.165, 1.54) is 0 Å². The molecule has 0 rings (SSSR count). The van der Waals surface area contributed by atoms with Crippen LogP contribution in [0.15, 0.2) is 0 Å². The van der Waals surface area contributed by atoms with Crippen LogP contribution in [0.25, 0.3) is 0 Å². The molecule has 7 heavy (non-hydrogen) atoms. The average Bonchev–Trinajstić information content (AvgIpc) is 1.61. The SMILES string of the molecule is C[C@H](O)COC=O. The highest BCUT2D eigenvalue weighted by Crippen LogP contribution is 1.76. The lowest BCUT2D eigenvalue weighted by Gasteiger charge is -1.97. The molecule has 0 aromatic rings. The van der Waals surface area contributed by atoms with E-state index in [0.717, 1.165) is 0 Å². The molecule has 0 radical (unpaired) electrons. The standard InChI is InChI=1S/C4H8O3/c1-4(6)2-7-3-5/h3-4,6H,2H2,1H3/t4-/m0/s1. The molecule has 3 nitrogen and oxygen atoms in total. The molecule has 0 aliphatic carbocycles. The smallest absolute Gasteiger partial charge is 0.293 e. The van der Waals surface area contributed by atoms with Gasteiger partial charge in [0, 0.05) is 0 Å². The van der Waals surface area contributed by atoms with Crippen LogP contribution in [0.1, 0.15) is 6.92 Å². The zero-order valence-corrected chi connectivity index (χ0v) is 4.13. The number of ether oxygens (including phenoxy) is 1. The number of hydrogen-bond acceptors (Lipinski definition) is 3. The van der Waals surface area contributed by atoms with Gasteiger partial charge in [-0.15, -0.1) is 0 Å². The maximum atomic E-state index is 9.38. The van der Waals surface area contributed by atoms with Crippen LogP contribution in [0.5, 0.6) is 0 Å². The van der Waals surface area contributed by atoms with Crippen LogP contribution in [-0.4, -0.2) is 24.3 Å². The van der Waals surface area contributed by atoms with Crippen LogP contribution in [-0.2, 0) is 9.53 Å². The molecule has 42 valence electrons. The lowest BCUT2D eigenvalue weighted by Crippen LogP contribution is -2.08. The van der Waals surface area contributed by atoms with Crippen LogP contribution in [0.3, 0.4) is 0 Å². The number of aliphatic hydroxyl groups excluding tert-OH is 1. The highest BCUT2D eigenvalue weighted by molar-refractivity contribution is 5.36. The van der Waals surface area contributed by atoms with E-state index < -0.39 is 6.10 Å². The van der Waals surface area contributed by atoms with Crippen LogP contribution in [0.2, 0.25) is 0 Å². The number of aliphatic hydroxyl groups is 1. The molecular weight excluding hydrogens is 96.0 g/mol. The largest absolute Gasteiger partial charge is 0.465 e. The molecule has 0 spiro atoms. The van der Waals surface area contributed by atoms with Gasteiger partial charge in [-0.05, 0) is 6.92 Å². The fourth-order valence-corrected chi connectivity index (χ4v) is 0.179. The molecule has 0 aromatic heterocycles. The van der Waals surface area contributed by atoms with Crippen molar-refractivity contribution in [2.24, 2.45) is 0 Å². The lowest BCUT2D eigenvalue weighted by molar-refractivity contribution is -0.131. The van der Waals surface area contributed by atoms with Crippen LogP contribution in [0.4, 0.5) is 0 Å². The molecule has 0 amide bonds. The molecule has 0 saturated heterocycles. The van der Waals surface area contributed by atoms with Crippen LogP contribution >= 0.6 is 0 Å². The molecule has 1 atom stereocenters. The zero-order chi connectivity index (χ0) is 5.70. The Hall–Kier alpha value is -0.570. The second-order valence-electron chi connectivity index (χ2n) is 1.28. The van der Waals surface area contributed by atoms with Crippen molar-refractivity contribution in [1.29, 1.82) is 0 Å². The highest BCUT2D eigenvalue weighted by Gasteiger charge is 1.90. The Kier molecular flexibility index (Phi) is 3.32. The van der Waals surface area contributed by atoms with Crippen molar-refractivity contribution in [2.75, 3.05) is 6.61 Å². The molecule has 0 aliphatic rings. The molecule has 0 saturated carbocycles. The van der Waals surface area contributed by atoms with E-state index >= 15 is 0 Å². The van der Waals surface area contributed by atoms with Gasteiger partial charge < -0.3 is 9.84 Å². The van der Waals surface area contributed by atoms with Crippen molar-refractivity contribution in [3.05, 3.63) is 0 Å². The summed E-state index contributed by atoms with van der Waals surface area (Å²) in [6, 6.07) is 0. The third-order valence-electron chi connectivity index (χ3n) is 0.405. The maximum Gasteiger partial charge on any atom is 0.293 e. The second kappa shape index (κ2) is 3.61. The van der Waals surface area contributed by atoms with E-state index in [2.05, 4.69) is 4.74 Å². The fraction of sp³-hybridized carbons (Fsp3) is 0.750. The number of hydrogen-bond donors (Lipinski definition) is 1. The number of rotatable bonds is 3. The van der Waals surface area contributed by atoms with Gasteiger partial charge in [0.15, 0.2) is 0 Å². The number of carbonyl (C=O) groups excluding carboxylic acids is 1. The molecule has 0 unspecified atom stereocenters. The molecule has 3 heteroatoms. The Bertz CT molecular complexity index is 50.9. The van der Waals surface area contributed by atoms with Crippen molar-refractivity contribution in [1.82, 2.24) is 0 Å². The van der Waals surface area contributed by atoms with Crippen LogP contribution in [0, 0.1) is 0 Å². The monoisotopic (exact) mass is 104 g/mol. The van der Waals surface area contributed by atoms with Crippen molar-refractivity contribution in [3.63, 3.8) is 0 Å². The molecule has 0 fully saturated rings. The van der Waals surface area contributed by atoms with Gasteiger partial charge >= 0.3 is 0 Å². The molecule has 0 aromatic carbocycles. The van der Waals surface area contributed by atoms with Gasteiger partial charge in [-0.1, -0.05) is 0 Å². The Morgan fingerprint density at radius 2 is 2.57 bits per heavy atom. The van der Waals surface area contributed by atoms with Crippen molar-refractivity contribution in [3.8, 4) is 0 Å². The van der Waals surface area contributed by atoms with Gasteiger partial charge in [-0.3, -0.25) is 4.79 Å². The minimum absolute atomic E-state index is 0.0868. The van der Waals surface area contributed by atoms with E-state index in [1.807, 2.05) is 0 Å². The molecule has 1 N–H and O–H groups in total. The fourth-order valence-electron chi connectivity index (χ4n) is 0.179. The summed E-state index contributed by atoms with van der Waals surface area (Å²) in [5.41, 5.74) is 0. The summed E-state index contributed by atoms with van der Waals surface area (Å²) in [5, 5.41) is 8.40. The minimum Gasteiger partial charge on any atom is -0.465 e. The lowest BCUT2D eigenvalue weighted by atomic mass is 10.5. The summed E-state index contributed by atoms with van der Waals surface area (Å²) in [6.07, 6.45) is -0.551. The Labute approximate surface area is 41.9 Å². The molecule has 0 aliphatic heterocycles. The van der Waals surface area contributed by atoms with Gasteiger partial charge in [-0.25, -0.2) is 0 Å². The normalized spacial score (nSPS) is 12.9. The average molecular weight is 104 g/mol. The van der Waals surface area contributed by atoms with Crippen molar-refractivity contribution < 1.29 is 14.6 Å². The van der Waals surface area contributed by atoms with Crippen LogP contribution < -0.4 is 0 Å². The molecule has 0 heterocycles.